The quantitative estimate of drug-likeness (QED) is 0.175. The number of sulfonamides is 1. The zero-order chi connectivity index (χ0) is 25.7. The number of aliphatic hydroxyl groups excluding tert-OH is 1. The van der Waals surface area contributed by atoms with E-state index >= 15 is 0 Å². The largest absolute Gasteiger partial charge is 0.394 e. The van der Waals surface area contributed by atoms with Crippen molar-refractivity contribution in [2.45, 2.75) is 89.5 Å². The molecule has 4 N–H and O–H groups in total. The van der Waals surface area contributed by atoms with Gasteiger partial charge in [0.05, 0.1) is 22.0 Å². The molecule has 0 saturated heterocycles. The van der Waals surface area contributed by atoms with Crippen LogP contribution < -0.4 is 15.4 Å². The van der Waals surface area contributed by atoms with E-state index in [-0.39, 0.29) is 17.5 Å². The highest BCUT2D eigenvalue weighted by Crippen LogP contribution is 2.25. The minimum absolute atomic E-state index is 0.0131. The second kappa shape index (κ2) is 15.4. The van der Waals surface area contributed by atoms with Gasteiger partial charge in [0, 0.05) is 18.4 Å². The average Bonchev–Trinajstić information content (AvgIpc) is 2.84. The van der Waals surface area contributed by atoms with Crippen LogP contribution in [-0.4, -0.2) is 42.7 Å². The second-order valence-electron chi connectivity index (χ2n) is 8.80. The van der Waals surface area contributed by atoms with Gasteiger partial charge < -0.3 is 15.7 Å². The molecule has 0 aliphatic heterocycles. The first-order valence-corrected chi connectivity index (χ1v) is 14.9. The topological polar surface area (TPSA) is 116 Å². The van der Waals surface area contributed by atoms with Gasteiger partial charge in [0.2, 0.25) is 16.0 Å². The van der Waals surface area contributed by atoms with Crippen molar-refractivity contribution in [2.75, 3.05) is 23.8 Å². The van der Waals surface area contributed by atoms with Crippen LogP contribution in [0.1, 0.15) is 77.2 Å². The second-order valence-corrected chi connectivity index (χ2v) is 11.4. The number of aromatic nitrogens is 2. The third-order valence-electron chi connectivity index (χ3n) is 5.85. The van der Waals surface area contributed by atoms with Crippen molar-refractivity contribution in [3.8, 4) is 0 Å². The minimum Gasteiger partial charge on any atom is -0.394 e. The molecule has 1 atom stereocenters. The molecule has 1 aromatic heterocycles. The highest BCUT2D eigenvalue weighted by atomic mass is 79.9. The lowest BCUT2D eigenvalue weighted by atomic mass is 10.1. The summed E-state index contributed by atoms with van der Waals surface area (Å²) in [5, 5.41) is 15.7. The van der Waals surface area contributed by atoms with Gasteiger partial charge in [0.1, 0.15) is 5.82 Å². The van der Waals surface area contributed by atoms with Crippen LogP contribution in [0.5, 0.6) is 0 Å². The Hall–Kier alpha value is -1.75. The number of hydrogen-bond acceptors (Lipinski definition) is 7. The number of rotatable bonds is 17. The van der Waals surface area contributed by atoms with Crippen LogP contribution in [-0.2, 0) is 10.0 Å². The molecular formula is C25H40BrN5O3S. The molecule has 0 aliphatic rings. The summed E-state index contributed by atoms with van der Waals surface area (Å²) in [5.41, 5.74) is 1.25. The zero-order valence-corrected chi connectivity index (χ0v) is 23.5. The third kappa shape index (κ3) is 10.0. The van der Waals surface area contributed by atoms with E-state index in [4.69, 9.17) is 0 Å². The molecule has 0 radical (unpaired) electrons. The van der Waals surface area contributed by atoms with E-state index < -0.39 is 10.0 Å². The van der Waals surface area contributed by atoms with Crippen LogP contribution >= 0.6 is 15.9 Å². The van der Waals surface area contributed by atoms with Gasteiger partial charge in [0.15, 0.2) is 0 Å². The first-order valence-electron chi connectivity index (χ1n) is 12.6. The van der Waals surface area contributed by atoms with Gasteiger partial charge >= 0.3 is 0 Å². The van der Waals surface area contributed by atoms with E-state index in [0.717, 1.165) is 25.7 Å². The van der Waals surface area contributed by atoms with Crippen molar-refractivity contribution in [3.05, 3.63) is 34.4 Å². The van der Waals surface area contributed by atoms with Crippen LogP contribution in [0.15, 0.2) is 33.8 Å². The predicted molar refractivity (Wildman–Crippen MR) is 147 cm³/mol. The molecule has 2 rings (SSSR count). The van der Waals surface area contributed by atoms with E-state index in [1.54, 1.807) is 31.3 Å². The molecule has 0 fully saturated rings. The van der Waals surface area contributed by atoms with Gasteiger partial charge in [-0.15, -0.1) is 0 Å². The molecule has 1 aromatic carbocycles. The van der Waals surface area contributed by atoms with Gasteiger partial charge in [-0.25, -0.2) is 18.1 Å². The van der Waals surface area contributed by atoms with Crippen molar-refractivity contribution in [1.29, 1.82) is 0 Å². The monoisotopic (exact) mass is 569 g/mol. The Morgan fingerprint density at radius 1 is 1.06 bits per heavy atom. The number of aryl methyl sites for hydroxylation is 1. The van der Waals surface area contributed by atoms with Gasteiger partial charge in [-0.1, -0.05) is 64.9 Å². The summed E-state index contributed by atoms with van der Waals surface area (Å²) in [7, 11) is -3.63. The van der Waals surface area contributed by atoms with Crippen LogP contribution in [0, 0.1) is 6.92 Å². The zero-order valence-electron chi connectivity index (χ0n) is 21.1. The summed E-state index contributed by atoms with van der Waals surface area (Å²) in [6, 6.07) is 5.04. The Morgan fingerprint density at radius 3 is 2.40 bits per heavy atom. The van der Waals surface area contributed by atoms with Crippen LogP contribution in [0.25, 0.3) is 0 Å². The van der Waals surface area contributed by atoms with Crippen LogP contribution in [0.2, 0.25) is 0 Å². The van der Waals surface area contributed by atoms with Crippen LogP contribution in [0.4, 0.5) is 17.5 Å². The van der Waals surface area contributed by atoms with Gasteiger partial charge in [-0.05, 0) is 53.4 Å². The highest BCUT2D eigenvalue weighted by molar-refractivity contribution is 9.10. The molecule has 0 aliphatic carbocycles. The lowest BCUT2D eigenvalue weighted by molar-refractivity contribution is 0.271. The lowest BCUT2D eigenvalue weighted by Crippen LogP contribution is -2.25. The normalized spacial score (nSPS) is 12.5. The number of hydrogen-bond donors (Lipinski definition) is 4. The summed E-state index contributed by atoms with van der Waals surface area (Å²) >= 11 is 3.42. The third-order valence-corrected chi connectivity index (χ3v) is 8.04. The number of nitrogens with one attached hydrogen (secondary N) is 3. The molecule has 1 heterocycles. The van der Waals surface area contributed by atoms with Crippen molar-refractivity contribution in [2.24, 2.45) is 0 Å². The molecule has 0 unspecified atom stereocenters. The molecule has 0 amide bonds. The Kier molecular flexibility index (Phi) is 13.0. The number of aliphatic hydroxyl groups is 1. The Balaban J connectivity index is 1.98. The van der Waals surface area contributed by atoms with E-state index in [2.05, 4.69) is 48.2 Å². The Labute approximate surface area is 218 Å². The smallest absolute Gasteiger partial charge is 0.240 e. The maximum Gasteiger partial charge on any atom is 0.240 e. The van der Waals surface area contributed by atoms with E-state index in [1.807, 2.05) is 6.92 Å². The van der Waals surface area contributed by atoms with E-state index in [1.165, 1.54) is 32.1 Å². The molecule has 2 aromatic rings. The fourth-order valence-electron chi connectivity index (χ4n) is 3.64. The fourth-order valence-corrected chi connectivity index (χ4v) is 5.29. The van der Waals surface area contributed by atoms with Crippen molar-refractivity contribution in [3.63, 3.8) is 0 Å². The van der Waals surface area contributed by atoms with Crippen molar-refractivity contribution < 1.29 is 13.5 Å². The highest BCUT2D eigenvalue weighted by Gasteiger charge is 2.17. The number of halogens is 1. The number of unbranched alkanes of at least 4 members (excludes halogenated alkanes) is 7. The number of benzene rings is 1. The van der Waals surface area contributed by atoms with Crippen molar-refractivity contribution in [1.82, 2.24) is 14.7 Å². The standard InChI is InChI=1S/C25H40BrN5O3S/c1-4-6-7-8-9-10-11-12-15-28-35(33,34)23-16-21(14-13-19(23)3)30-25-27-17-22(26)24(31-25)29-20(5-2)18-32/h13-14,16-17,20,28,32H,4-12,15,18H2,1-3H3,(H2,27,29,30,31)/t20-/m1/s1. The number of nitrogens with zero attached hydrogens (tertiary/aromatic N) is 2. The van der Waals surface area contributed by atoms with Gasteiger partial charge in [-0.2, -0.15) is 4.98 Å². The molecule has 35 heavy (non-hydrogen) atoms. The van der Waals surface area contributed by atoms with Crippen molar-refractivity contribution >= 4 is 43.4 Å². The Morgan fingerprint density at radius 2 is 1.74 bits per heavy atom. The average molecular weight is 571 g/mol. The summed E-state index contributed by atoms with van der Waals surface area (Å²) in [6.07, 6.45) is 11.7. The summed E-state index contributed by atoms with van der Waals surface area (Å²) in [6.45, 7) is 6.39. The first kappa shape index (κ1) is 29.5. The molecule has 8 nitrogen and oxygen atoms in total. The molecule has 0 saturated carbocycles. The lowest BCUT2D eigenvalue weighted by Gasteiger charge is -2.16. The predicted octanol–water partition coefficient (Wildman–Crippen LogP) is 5.89. The first-order chi connectivity index (χ1) is 16.8. The maximum absolute atomic E-state index is 12.9. The molecule has 0 bridgehead atoms. The summed E-state index contributed by atoms with van der Waals surface area (Å²) in [5.74, 6) is 0.873. The number of anilines is 3. The van der Waals surface area contributed by atoms with Crippen LogP contribution in [0.3, 0.4) is 0 Å². The SMILES string of the molecule is CCCCCCCCCCNS(=O)(=O)c1cc(Nc2ncc(Br)c(N[C@H](CC)CO)n2)ccc1C. The minimum atomic E-state index is -3.63. The molecule has 0 spiro atoms. The van der Waals surface area contributed by atoms with E-state index in [9.17, 15) is 13.5 Å². The van der Waals surface area contributed by atoms with E-state index in [0.29, 0.717) is 34.0 Å². The summed E-state index contributed by atoms with van der Waals surface area (Å²) < 4.78 is 29.3. The molecule has 10 heteroatoms. The molecular weight excluding hydrogens is 530 g/mol. The fraction of sp³-hybridized carbons (Fsp3) is 0.600. The molecule has 196 valence electrons. The Bertz CT molecular complexity index is 1020. The van der Waals surface area contributed by atoms with Gasteiger partial charge in [0.25, 0.3) is 0 Å². The maximum atomic E-state index is 12.9. The summed E-state index contributed by atoms with van der Waals surface area (Å²) in [4.78, 5) is 8.97. The van der Waals surface area contributed by atoms with Gasteiger partial charge in [-0.3, -0.25) is 0 Å².